The van der Waals surface area contributed by atoms with Crippen LogP contribution in [0, 0.1) is 0 Å². The molecule has 2 heterocycles. The van der Waals surface area contributed by atoms with Gasteiger partial charge in [0.05, 0.1) is 10.7 Å². The van der Waals surface area contributed by atoms with E-state index in [4.69, 9.17) is 0 Å². The number of aromatic nitrogens is 1. The van der Waals surface area contributed by atoms with Crippen LogP contribution >= 0.6 is 36.2 Å². The molecule has 0 spiro atoms. The van der Waals surface area contributed by atoms with Gasteiger partial charge < -0.3 is 10.6 Å². The quantitative estimate of drug-likeness (QED) is 0.836. The molecule has 0 aliphatic carbocycles. The number of amides is 1. The number of nitrogens with one attached hydrogen (secondary N) is 2. The van der Waals surface area contributed by atoms with Crippen LogP contribution in [0.5, 0.6) is 0 Å². The van der Waals surface area contributed by atoms with Crippen LogP contribution < -0.4 is 10.6 Å². The summed E-state index contributed by atoms with van der Waals surface area (Å²) >= 11 is 1.70. The van der Waals surface area contributed by atoms with Crippen molar-refractivity contribution in [1.29, 1.82) is 0 Å². The summed E-state index contributed by atoms with van der Waals surface area (Å²) in [5.41, 5.74) is 1.09. The Kier molecular flexibility index (Phi) is 10.2. The molecule has 0 saturated carbocycles. The van der Waals surface area contributed by atoms with Gasteiger partial charge in [-0.25, -0.2) is 4.98 Å². The number of hydrogen-bond donors (Lipinski definition) is 2. The highest BCUT2D eigenvalue weighted by Gasteiger charge is 2.17. The third-order valence-corrected chi connectivity index (χ3v) is 4.24. The van der Waals surface area contributed by atoms with Gasteiger partial charge in [-0.05, 0) is 25.8 Å². The second-order valence-electron chi connectivity index (χ2n) is 4.68. The van der Waals surface area contributed by atoms with Gasteiger partial charge in [-0.1, -0.05) is 6.92 Å². The molecule has 1 fully saturated rings. The molecule has 1 aromatic heterocycles. The number of aryl methyl sites for hydroxylation is 1. The summed E-state index contributed by atoms with van der Waals surface area (Å²) in [6.07, 6.45) is 4.75. The summed E-state index contributed by atoms with van der Waals surface area (Å²) in [6, 6.07) is 0.385. The second-order valence-corrected chi connectivity index (χ2v) is 5.63. The second kappa shape index (κ2) is 10.4. The highest BCUT2D eigenvalue weighted by Crippen LogP contribution is 2.10. The molecular weight excluding hydrogens is 317 g/mol. The van der Waals surface area contributed by atoms with Crippen molar-refractivity contribution < 1.29 is 4.79 Å². The summed E-state index contributed by atoms with van der Waals surface area (Å²) in [4.78, 5) is 16.2. The Hall–Kier alpha value is -0.360. The Morgan fingerprint density at radius 1 is 1.55 bits per heavy atom. The van der Waals surface area contributed by atoms with Crippen molar-refractivity contribution >= 4 is 42.1 Å². The third-order valence-electron chi connectivity index (χ3n) is 3.20. The van der Waals surface area contributed by atoms with E-state index in [1.807, 2.05) is 0 Å². The number of carbonyl (C=O) groups is 1. The van der Waals surface area contributed by atoms with Gasteiger partial charge in [0.1, 0.15) is 0 Å². The van der Waals surface area contributed by atoms with Crippen LogP contribution in [0.25, 0.3) is 0 Å². The largest absolute Gasteiger partial charge is 0.356 e. The summed E-state index contributed by atoms with van der Waals surface area (Å²) in [7, 11) is 0. The normalized spacial score (nSPS) is 17.1. The maximum atomic E-state index is 11.7. The predicted octanol–water partition coefficient (Wildman–Crippen LogP) is 2.35. The molecule has 0 radical (unpaired) electrons. The molecule has 2 rings (SSSR count). The van der Waals surface area contributed by atoms with Crippen molar-refractivity contribution in [2.24, 2.45) is 0 Å². The lowest BCUT2D eigenvalue weighted by atomic mass is 10.1. The minimum absolute atomic E-state index is 0. The summed E-state index contributed by atoms with van der Waals surface area (Å²) in [5.74, 6) is 0.153. The first-order valence-electron chi connectivity index (χ1n) is 6.71. The molecule has 1 unspecified atom stereocenters. The van der Waals surface area contributed by atoms with Crippen molar-refractivity contribution in [1.82, 2.24) is 15.6 Å². The number of thiazole rings is 1. The number of halogens is 2. The van der Waals surface area contributed by atoms with Gasteiger partial charge >= 0.3 is 0 Å². The third kappa shape index (κ3) is 6.39. The van der Waals surface area contributed by atoms with Gasteiger partial charge in [0.2, 0.25) is 5.91 Å². The average molecular weight is 340 g/mol. The Balaban J connectivity index is 0.00000180. The predicted molar refractivity (Wildman–Crippen MR) is 88.3 cm³/mol. The molecule has 2 N–H and O–H groups in total. The standard InChI is InChI=1S/C13H21N3OS.2ClH/c1-2-13-16-11(9-18-13)5-7-15-12(17)8-10-4-3-6-14-10;;/h9-10,14H,2-8H2,1H3,(H,15,17);2*1H. The van der Waals surface area contributed by atoms with Gasteiger partial charge in [-0.3, -0.25) is 4.79 Å². The van der Waals surface area contributed by atoms with Crippen LogP contribution in [0.1, 0.15) is 36.9 Å². The topological polar surface area (TPSA) is 54.0 Å². The summed E-state index contributed by atoms with van der Waals surface area (Å²) in [5, 5.41) is 9.57. The van der Waals surface area contributed by atoms with E-state index in [1.54, 1.807) is 11.3 Å². The van der Waals surface area contributed by atoms with Crippen LogP contribution in [0.2, 0.25) is 0 Å². The van der Waals surface area contributed by atoms with E-state index in [9.17, 15) is 4.79 Å². The Morgan fingerprint density at radius 3 is 2.95 bits per heavy atom. The van der Waals surface area contributed by atoms with E-state index < -0.39 is 0 Å². The molecule has 0 aromatic carbocycles. The van der Waals surface area contributed by atoms with E-state index in [0.29, 0.717) is 19.0 Å². The fraction of sp³-hybridized carbons (Fsp3) is 0.692. The van der Waals surface area contributed by atoms with Crippen LogP contribution in [0.3, 0.4) is 0 Å². The summed E-state index contributed by atoms with van der Waals surface area (Å²) < 4.78 is 0. The van der Waals surface area contributed by atoms with E-state index in [0.717, 1.165) is 31.5 Å². The van der Waals surface area contributed by atoms with Crippen molar-refractivity contribution in [3.05, 3.63) is 16.1 Å². The minimum Gasteiger partial charge on any atom is -0.356 e. The van der Waals surface area contributed by atoms with Crippen LogP contribution in [-0.4, -0.2) is 30.0 Å². The molecule has 7 heteroatoms. The Morgan fingerprint density at radius 2 is 2.35 bits per heavy atom. The fourth-order valence-corrected chi connectivity index (χ4v) is 2.96. The smallest absolute Gasteiger partial charge is 0.221 e. The van der Waals surface area contributed by atoms with E-state index in [2.05, 4.69) is 27.9 Å². The van der Waals surface area contributed by atoms with Gasteiger partial charge in [0.25, 0.3) is 0 Å². The number of nitrogens with zero attached hydrogens (tertiary/aromatic N) is 1. The molecule has 1 aromatic rings. The van der Waals surface area contributed by atoms with Crippen molar-refractivity contribution in [2.75, 3.05) is 13.1 Å². The maximum absolute atomic E-state index is 11.7. The van der Waals surface area contributed by atoms with Gasteiger partial charge in [0.15, 0.2) is 0 Å². The molecule has 1 aliphatic rings. The van der Waals surface area contributed by atoms with Crippen LogP contribution in [-0.2, 0) is 17.6 Å². The molecule has 4 nitrogen and oxygen atoms in total. The highest BCUT2D eigenvalue weighted by atomic mass is 35.5. The van der Waals surface area contributed by atoms with Crippen molar-refractivity contribution in [3.8, 4) is 0 Å². The number of hydrogen-bond acceptors (Lipinski definition) is 4. The van der Waals surface area contributed by atoms with Crippen molar-refractivity contribution in [2.45, 2.75) is 45.1 Å². The number of carbonyl (C=O) groups excluding carboxylic acids is 1. The lowest BCUT2D eigenvalue weighted by Gasteiger charge is -2.09. The first kappa shape index (κ1) is 19.6. The lowest BCUT2D eigenvalue weighted by Crippen LogP contribution is -2.32. The molecule has 1 atom stereocenters. The summed E-state index contributed by atoms with van der Waals surface area (Å²) in [6.45, 7) is 3.86. The first-order chi connectivity index (χ1) is 8.78. The fourth-order valence-electron chi connectivity index (χ4n) is 2.18. The van der Waals surface area contributed by atoms with Crippen molar-refractivity contribution in [3.63, 3.8) is 0 Å². The Labute approximate surface area is 137 Å². The molecule has 20 heavy (non-hydrogen) atoms. The van der Waals surface area contributed by atoms with E-state index in [1.165, 1.54) is 11.4 Å². The molecule has 0 bridgehead atoms. The van der Waals surface area contributed by atoms with Gasteiger partial charge in [0, 0.05) is 30.8 Å². The Bertz CT molecular complexity index is 395. The minimum atomic E-state index is 0. The van der Waals surface area contributed by atoms with Gasteiger partial charge in [-0.15, -0.1) is 36.2 Å². The molecule has 1 amide bonds. The zero-order valence-corrected chi connectivity index (χ0v) is 14.1. The average Bonchev–Trinajstić information content (AvgIpc) is 3.00. The van der Waals surface area contributed by atoms with Crippen LogP contribution in [0.15, 0.2) is 5.38 Å². The monoisotopic (exact) mass is 339 g/mol. The SMILES string of the molecule is CCc1nc(CCNC(=O)CC2CCCN2)cs1.Cl.Cl. The molecular formula is C13H23Cl2N3OS. The van der Waals surface area contributed by atoms with Crippen LogP contribution in [0.4, 0.5) is 0 Å². The zero-order chi connectivity index (χ0) is 12.8. The zero-order valence-electron chi connectivity index (χ0n) is 11.7. The highest BCUT2D eigenvalue weighted by molar-refractivity contribution is 7.09. The maximum Gasteiger partial charge on any atom is 0.221 e. The molecule has 1 saturated heterocycles. The lowest BCUT2D eigenvalue weighted by molar-refractivity contribution is -0.121. The first-order valence-corrected chi connectivity index (χ1v) is 7.59. The molecule has 116 valence electrons. The van der Waals surface area contributed by atoms with E-state index >= 15 is 0 Å². The van der Waals surface area contributed by atoms with E-state index in [-0.39, 0.29) is 30.7 Å². The van der Waals surface area contributed by atoms with Gasteiger partial charge in [-0.2, -0.15) is 0 Å². The molecule has 1 aliphatic heterocycles. The number of rotatable bonds is 6.